The van der Waals surface area contributed by atoms with Crippen LogP contribution in [0.4, 0.5) is 0 Å². The van der Waals surface area contributed by atoms with Gasteiger partial charge in [-0.05, 0) is 48.6 Å². The van der Waals surface area contributed by atoms with Crippen molar-refractivity contribution < 1.29 is 14.6 Å². The van der Waals surface area contributed by atoms with Gasteiger partial charge in [-0.3, -0.25) is 9.55 Å². The van der Waals surface area contributed by atoms with Crippen molar-refractivity contribution >= 4 is 28.0 Å². The number of rotatable bonds is 4. The van der Waals surface area contributed by atoms with Crippen LogP contribution in [0, 0.1) is 5.92 Å². The van der Waals surface area contributed by atoms with Gasteiger partial charge in [0.15, 0.2) is 5.65 Å². The summed E-state index contributed by atoms with van der Waals surface area (Å²) < 4.78 is 7.18. The van der Waals surface area contributed by atoms with E-state index in [0.717, 1.165) is 53.6 Å². The summed E-state index contributed by atoms with van der Waals surface area (Å²) in [7, 11) is 0. The third-order valence-electron chi connectivity index (χ3n) is 5.59. The average molecular weight is 392 g/mol. The molecule has 8 heteroatoms. The van der Waals surface area contributed by atoms with E-state index >= 15 is 0 Å². The van der Waals surface area contributed by atoms with E-state index in [9.17, 15) is 14.7 Å². The first kappa shape index (κ1) is 17.7. The third kappa shape index (κ3) is 3.21. The highest BCUT2D eigenvalue weighted by Crippen LogP contribution is 2.27. The largest absolute Gasteiger partial charge is 0.477 e. The lowest BCUT2D eigenvalue weighted by Gasteiger charge is -2.22. The molecule has 0 bridgehead atoms. The number of aromatic amines is 2. The van der Waals surface area contributed by atoms with Crippen LogP contribution >= 0.6 is 0 Å². The van der Waals surface area contributed by atoms with E-state index in [0.29, 0.717) is 18.1 Å². The number of benzene rings is 1. The molecule has 0 aliphatic carbocycles. The van der Waals surface area contributed by atoms with Crippen LogP contribution in [0.5, 0.6) is 0 Å². The zero-order valence-electron chi connectivity index (χ0n) is 15.6. The maximum absolute atomic E-state index is 12.5. The van der Waals surface area contributed by atoms with E-state index in [1.54, 1.807) is 16.8 Å². The number of carbonyl (C=O) groups is 1. The second-order valence-corrected chi connectivity index (χ2v) is 7.48. The molecule has 5 rings (SSSR count). The monoisotopic (exact) mass is 392 g/mol. The summed E-state index contributed by atoms with van der Waals surface area (Å²) in [5.74, 6) is -0.579. The Kier molecular flexibility index (Phi) is 4.21. The lowest BCUT2D eigenvalue weighted by atomic mass is 10.0. The Morgan fingerprint density at radius 1 is 1.17 bits per heavy atom. The van der Waals surface area contributed by atoms with Gasteiger partial charge in [0.25, 0.3) is 0 Å². The Hall–Kier alpha value is -3.39. The van der Waals surface area contributed by atoms with E-state index in [1.165, 1.54) is 0 Å². The zero-order valence-corrected chi connectivity index (χ0v) is 15.6. The zero-order chi connectivity index (χ0) is 20.0. The number of carboxylic acids is 1. The van der Waals surface area contributed by atoms with Crippen molar-refractivity contribution in [1.82, 2.24) is 19.5 Å². The van der Waals surface area contributed by atoms with E-state index < -0.39 is 5.97 Å². The molecular formula is C21H20N4O4. The van der Waals surface area contributed by atoms with Gasteiger partial charge in [-0.2, -0.15) is 0 Å². The van der Waals surface area contributed by atoms with Crippen LogP contribution in [0.15, 0.2) is 41.3 Å². The number of carboxylic acid groups (broad SMARTS) is 1. The summed E-state index contributed by atoms with van der Waals surface area (Å²) in [6, 6.07) is 9.28. The highest BCUT2D eigenvalue weighted by Gasteiger charge is 2.18. The van der Waals surface area contributed by atoms with E-state index in [1.807, 2.05) is 24.3 Å². The number of nitrogens with one attached hydrogen (secondary N) is 2. The maximum Gasteiger partial charge on any atom is 0.352 e. The number of aromatic nitrogens is 4. The number of hydrogen-bond donors (Lipinski definition) is 3. The highest BCUT2D eigenvalue weighted by molar-refractivity contribution is 5.95. The van der Waals surface area contributed by atoms with Gasteiger partial charge in [0.2, 0.25) is 0 Å². The number of H-pyrrole nitrogens is 2. The number of nitrogens with zero attached hydrogens (tertiary/aromatic N) is 2. The smallest absolute Gasteiger partial charge is 0.352 e. The summed E-state index contributed by atoms with van der Waals surface area (Å²) in [5, 5.41) is 9.99. The maximum atomic E-state index is 12.5. The highest BCUT2D eigenvalue weighted by atomic mass is 16.5. The molecule has 4 aromatic rings. The second-order valence-electron chi connectivity index (χ2n) is 7.48. The molecule has 0 atom stereocenters. The molecule has 8 nitrogen and oxygen atoms in total. The predicted molar refractivity (Wildman–Crippen MR) is 108 cm³/mol. The minimum Gasteiger partial charge on any atom is -0.477 e. The number of imidazole rings is 1. The molecule has 1 aromatic carbocycles. The van der Waals surface area contributed by atoms with Gasteiger partial charge in [-0.1, -0.05) is 6.07 Å². The van der Waals surface area contributed by atoms with Gasteiger partial charge in [-0.25, -0.2) is 14.6 Å². The van der Waals surface area contributed by atoms with Gasteiger partial charge in [0, 0.05) is 42.4 Å². The van der Waals surface area contributed by atoms with Crippen LogP contribution in [0.25, 0.3) is 33.2 Å². The second kappa shape index (κ2) is 6.89. The fraction of sp³-hybridized carbons (Fsp3) is 0.286. The molecule has 0 saturated carbocycles. The lowest BCUT2D eigenvalue weighted by molar-refractivity contribution is 0.0613. The van der Waals surface area contributed by atoms with Gasteiger partial charge in [0.05, 0.1) is 5.52 Å². The Labute approximate surface area is 165 Å². The van der Waals surface area contributed by atoms with Crippen LogP contribution in [-0.4, -0.2) is 43.8 Å². The normalized spacial score (nSPS) is 15.3. The number of fused-ring (bicyclic) bond motifs is 2. The van der Waals surface area contributed by atoms with Crippen LogP contribution in [0.2, 0.25) is 0 Å². The summed E-state index contributed by atoms with van der Waals surface area (Å²) in [4.78, 5) is 33.8. The molecule has 3 N–H and O–H groups in total. The third-order valence-corrected chi connectivity index (χ3v) is 5.59. The van der Waals surface area contributed by atoms with Crippen LogP contribution in [0.3, 0.4) is 0 Å². The number of hydrogen-bond acceptors (Lipinski definition) is 4. The average Bonchev–Trinajstić information content (AvgIpc) is 3.29. The molecule has 1 saturated heterocycles. The van der Waals surface area contributed by atoms with Crippen LogP contribution in [-0.2, 0) is 11.3 Å². The standard InChI is InChI=1S/C21H20N4O4/c26-20(27)17-8-14-7-13(1-2-16(14)23-17)15-9-18-19(22-10-15)24-21(28)25(18)11-12-3-5-29-6-4-12/h1-2,7-10,12,23H,3-6,11H2,(H,26,27)(H,22,24,28). The first-order valence-electron chi connectivity index (χ1n) is 9.61. The Morgan fingerprint density at radius 2 is 2.00 bits per heavy atom. The Bertz CT molecular complexity index is 1280. The summed E-state index contributed by atoms with van der Waals surface area (Å²) in [5.41, 5.74) is 3.90. The van der Waals surface area contributed by atoms with Crippen LogP contribution < -0.4 is 5.69 Å². The molecule has 1 aliphatic heterocycles. The Balaban J connectivity index is 1.55. The summed E-state index contributed by atoms with van der Waals surface area (Å²) >= 11 is 0. The molecule has 4 heterocycles. The van der Waals surface area contributed by atoms with E-state index in [4.69, 9.17) is 4.74 Å². The molecule has 148 valence electrons. The number of ether oxygens (including phenoxy) is 1. The fourth-order valence-electron chi connectivity index (χ4n) is 3.99. The van der Waals surface area contributed by atoms with Crippen molar-refractivity contribution in [3.05, 3.63) is 52.7 Å². The molecule has 1 fully saturated rings. The van der Waals surface area contributed by atoms with Gasteiger partial charge >= 0.3 is 11.7 Å². The van der Waals surface area contributed by atoms with Gasteiger partial charge in [0.1, 0.15) is 5.69 Å². The van der Waals surface area contributed by atoms with Crippen molar-refractivity contribution in [2.24, 2.45) is 5.92 Å². The van der Waals surface area contributed by atoms with Gasteiger partial charge in [-0.15, -0.1) is 0 Å². The quantitative estimate of drug-likeness (QED) is 0.494. The molecule has 0 unspecified atom stereocenters. The fourth-order valence-corrected chi connectivity index (χ4v) is 3.99. The topological polar surface area (TPSA) is 113 Å². The van der Waals surface area contributed by atoms with Crippen molar-refractivity contribution in [2.75, 3.05) is 13.2 Å². The molecule has 0 radical (unpaired) electrons. The van der Waals surface area contributed by atoms with Crippen LogP contribution in [0.1, 0.15) is 23.3 Å². The number of aromatic carboxylic acids is 1. The first-order valence-corrected chi connectivity index (χ1v) is 9.61. The lowest BCUT2D eigenvalue weighted by Crippen LogP contribution is -2.25. The molecule has 1 aliphatic rings. The molecule has 29 heavy (non-hydrogen) atoms. The minimum atomic E-state index is -0.990. The Morgan fingerprint density at radius 3 is 2.79 bits per heavy atom. The van der Waals surface area contributed by atoms with E-state index in [-0.39, 0.29) is 11.4 Å². The van der Waals surface area contributed by atoms with E-state index in [2.05, 4.69) is 15.0 Å². The molecule has 3 aromatic heterocycles. The SMILES string of the molecule is O=C(O)c1cc2cc(-c3cnc4[nH]c(=O)n(CC5CCOCC5)c4c3)ccc2[nH]1. The molecular weight excluding hydrogens is 372 g/mol. The number of pyridine rings is 1. The molecule has 0 amide bonds. The first-order chi connectivity index (χ1) is 14.1. The van der Waals surface area contributed by atoms with Crippen molar-refractivity contribution in [3.8, 4) is 11.1 Å². The minimum absolute atomic E-state index is 0.150. The van der Waals surface area contributed by atoms with Crippen molar-refractivity contribution in [2.45, 2.75) is 19.4 Å². The summed E-state index contributed by atoms with van der Waals surface area (Å²) in [6.45, 7) is 2.12. The van der Waals surface area contributed by atoms with Crippen molar-refractivity contribution in [3.63, 3.8) is 0 Å². The van der Waals surface area contributed by atoms with Gasteiger partial charge < -0.3 is 14.8 Å². The molecule has 0 spiro atoms. The van der Waals surface area contributed by atoms with Crippen molar-refractivity contribution in [1.29, 1.82) is 0 Å². The predicted octanol–water partition coefficient (Wildman–Crippen LogP) is 3.00. The summed E-state index contributed by atoms with van der Waals surface area (Å²) in [6.07, 6.45) is 3.62.